The third kappa shape index (κ3) is 3.27. The lowest BCUT2D eigenvalue weighted by molar-refractivity contribution is 0.281. The molecule has 0 saturated heterocycles. The average Bonchev–Trinajstić information content (AvgIpc) is 3.24. The normalized spacial score (nSPS) is 26.6. The van der Waals surface area contributed by atoms with Gasteiger partial charge in [0, 0.05) is 27.7 Å². The van der Waals surface area contributed by atoms with Crippen molar-refractivity contribution in [2.45, 2.75) is 64.2 Å². The maximum Gasteiger partial charge on any atom is 0.460 e. The second-order valence-electron chi connectivity index (χ2n) is 12.4. The van der Waals surface area contributed by atoms with E-state index >= 15 is 0 Å². The molecule has 3 aliphatic carbocycles. The van der Waals surface area contributed by atoms with Crippen molar-refractivity contribution in [3.05, 3.63) is 106 Å². The Labute approximate surface area is 220 Å². The molecule has 188 valence electrons. The van der Waals surface area contributed by atoms with Gasteiger partial charge in [-0.15, -0.1) is 0 Å². The van der Waals surface area contributed by atoms with E-state index in [1.165, 1.54) is 33.4 Å². The molecular weight excluding hydrogens is 475 g/mol. The minimum absolute atomic E-state index is 0.0286. The highest BCUT2D eigenvalue weighted by atomic mass is 31.2. The van der Waals surface area contributed by atoms with Gasteiger partial charge in [0.15, 0.2) is 0 Å². The lowest BCUT2D eigenvalue weighted by Gasteiger charge is -2.38. The molecule has 7 rings (SSSR count). The third-order valence-corrected chi connectivity index (χ3v) is 9.80. The van der Waals surface area contributed by atoms with E-state index in [2.05, 4.69) is 94.4 Å². The van der Waals surface area contributed by atoms with Crippen molar-refractivity contribution in [1.29, 1.82) is 0 Å². The van der Waals surface area contributed by atoms with Crippen LogP contribution in [-0.2, 0) is 15.4 Å². The second kappa shape index (κ2) is 7.82. The molecule has 3 nitrogen and oxygen atoms in total. The van der Waals surface area contributed by atoms with E-state index in [4.69, 9.17) is 9.05 Å². The van der Waals surface area contributed by atoms with E-state index in [0.717, 1.165) is 48.3 Å². The number of allylic oxidation sites excluding steroid dienone is 3. The minimum atomic E-state index is -2.16. The highest BCUT2D eigenvalue weighted by molar-refractivity contribution is 7.41. The first-order valence-corrected chi connectivity index (χ1v) is 14.5. The molecule has 1 heterocycles. The molecule has 4 aliphatic rings. The fraction of sp³-hybridized carbons (Fsp3) is 0.333. The largest absolute Gasteiger partial charge is 0.460 e. The highest BCUT2D eigenvalue weighted by Gasteiger charge is 2.61. The SMILES string of the molecule is CC1(C)CC23CC(C)(C)c4ccc(-c5ccccc5)c(c42)OP(O)OC2=C(c4ccccc4)CCC1=C23. The van der Waals surface area contributed by atoms with Crippen molar-refractivity contribution in [3.63, 3.8) is 0 Å². The molecule has 2 unspecified atom stereocenters. The van der Waals surface area contributed by atoms with Crippen LogP contribution in [0, 0.1) is 5.41 Å². The molecule has 0 fully saturated rings. The van der Waals surface area contributed by atoms with Crippen LogP contribution in [-0.4, -0.2) is 4.89 Å². The zero-order valence-electron chi connectivity index (χ0n) is 22.0. The smallest absolute Gasteiger partial charge is 0.417 e. The molecule has 2 atom stereocenters. The fourth-order valence-electron chi connectivity index (χ4n) is 7.96. The van der Waals surface area contributed by atoms with E-state index < -0.39 is 8.60 Å². The van der Waals surface area contributed by atoms with Gasteiger partial charge in [0.25, 0.3) is 0 Å². The van der Waals surface area contributed by atoms with Gasteiger partial charge in [-0.3, -0.25) is 0 Å². The number of hydrogen-bond donors (Lipinski definition) is 1. The highest BCUT2D eigenvalue weighted by Crippen LogP contribution is 2.71. The molecule has 0 aromatic heterocycles. The van der Waals surface area contributed by atoms with Crippen LogP contribution >= 0.6 is 8.60 Å². The summed E-state index contributed by atoms with van der Waals surface area (Å²) in [7, 11) is -2.16. The predicted octanol–water partition coefficient (Wildman–Crippen LogP) is 8.83. The summed E-state index contributed by atoms with van der Waals surface area (Å²) in [6.45, 7) is 9.52. The Bertz CT molecular complexity index is 1480. The quantitative estimate of drug-likeness (QED) is 0.352. The van der Waals surface area contributed by atoms with Gasteiger partial charge in [-0.2, -0.15) is 0 Å². The number of hydrogen-bond acceptors (Lipinski definition) is 3. The molecule has 0 bridgehead atoms. The molecule has 0 amide bonds. The van der Waals surface area contributed by atoms with E-state index in [1.807, 2.05) is 6.07 Å². The van der Waals surface area contributed by atoms with Crippen LogP contribution in [0.3, 0.4) is 0 Å². The monoisotopic (exact) mass is 508 g/mol. The summed E-state index contributed by atoms with van der Waals surface area (Å²) < 4.78 is 13.0. The van der Waals surface area contributed by atoms with Crippen LogP contribution in [0.4, 0.5) is 0 Å². The zero-order valence-corrected chi connectivity index (χ0v) is 22.9. The maximum atomic E-state index is 11.3. The Morgan fingerprint density at radius 1 is 0.730 bits per heavy atom. The molecule has 1 aliphatic heterocycles. The van der Waals surface area contributed by atoms with E-state index in [-0.39, 0.29) is 16.2 Å². The van der Waals surface area contributed by atoms with E-state index in [0.29, 0.717) is 0 Å². The van der Waals surface area contributed by atoms with E-state index in [1.54, 1.807) is 0 Å². The summed E-state index contributed by atoms with van der Waals surface area (Å²) in [6.07, 6.45) is 3.96. The van der Waals surface area contributed by atoms with Gasteiger partial charge in [0.1, 0.15) is 11.5 Å². The molecule has 1 spiro atoms. The minimum Gasteiger partial charge on any atom is -0.417 e. The van der Waals surface area contributed by atoms with Crippen molar-refractivity contribution < 1.29 is 13.9 Å². The Morgan fingerprint density at radius 3 is 2.08 bits per heavy atom. The topological polar surface area (TPSA) is 38.7 Å². The first kappa shape index (κ1) is 23.3. The maximum absolute atomic E-state index is 11.3. The number of benzene rings is 3. The van der Waals surface area contributed by atoms with Crippen LogP contribution in [0.25, 0.3) is 16.7 Å². The molecule has 1 N–H and O–H groups in total. The molecule has 0 saturated carbocycles. The van der Waals surface area contributed by atoms with Crippen molar-refractivity contribution in [1.82, 2.24) is 0 Å². The summed E-state index contributed by atoms with van der Waals surface area (Å²) in [4.78, 5) is 11.3. The van der Waals surface area contributed by atoms with Crippen LogP contribution in [0.2, 0.25) is 0 Å². The standard InChI is InChI=1S/C33H33O3P/c1-31(2)19-33-20-32(3,4)26-18-16-24(22-13-9-6-10-14-22)30(28(26)33)36-37(34)35-29-23(15-17-25(31)27(29)33)21-11-7-5-8-12-21/h5-15,17,34H,16,18-20H2,1-4H3. The average molecular weight is 509 g/mol. The first-order chi connectivity index (χ1) is 17.7. The van der Waals surface area contributed by atoms with Crippen molar-refractivity contribution in [2.75, 3.05) is 0 Å². The summed E-state index contributed by atoms with van der Waals surface area (Å²) in [5, 5.41) is 0. The van der Waals surface area contributed by atoms with Crippen LogP contribution in [0.1, 0.15) is 70.1 Å². The van der Waals surface area contributed by atoms with Gasteiger partial charge in [0.2, 0.25) is 0 Å². The first-order valence-electron chi connectivity index (χ1n) is 13.3. The molecule has 37 heavy (non-hydrogen) atoms. The fourth-order valence-corrected chi connectivity index (χ4v) is 8.70. The van der Waals surface area contributed by atoms with Gasteiger partial charge in [-0.25, -0.2) is 0 Å². The molecular formula is C33H33O3P. The summed E-state index contributed by atoms with van der Waals surface area (Å²) in [5.74, 6) is 1.67. The Hall–Kier alpha value is -2.87. The summed E-state index contributed by atoms with van der Waals surface area (Å²) in [5.41, 5.74) is 9.70. The molecule has 3 aromatic carbocycles. The van der Waals surface area contributed by atoms with Gasteiger partial charge in [-0.1, -0.05) is 106 Å². The lowest BCUT2D eigenvalue weighted by atomic mass is 9.69. The van der Waals surface area contributed by atoms with Crippen molar-refractivity contribution >= 4 is 14.2 Å². The Kier molecular flexibility index (Phi) is 4.92. The predicted molar refractivity (Wildman–Crippen MR) is 150 cm³/mol. The van der Waals surface area contributed by atoms with Crippen molar-refractivity contribution in [2.24, 2.45) is 5.41 Å². The molecule has 0 radical (unpaired) electrons. The van der Waals surface area contributed by atoms with Gasteiger partial charge in [0.05, 0.1) is 0 Å². The summed E-state index contributed by atoms with van der Waals surface area (Å²) >= 11 is 0. The Morgan fingerprint density at radius 2 is 1.38 bits per heavy atom. The third-order valence-electron chi connectivity index (χ3n) is 9.12. The van der Waals surface area contributed by atoms with Gasteiger partial charge in [-0.05, 0) is 53.2 Å². The summed E-state index contributed by atoms with van der Waals surface area (Å²) in [6, 6.07) is 25.4. The zero-order chi connectivity index (χ0) is 25.6. The van der Waals surface area contributed by atoms with Crippen LogP contribution in [0.15, 0.2) is 89.7 Å². The van der Waals surface area contributed by atoms with E-state index in [9.17, 15) is 4.89 Å². The molecule has 3 aromatic rings. The Balaban J connectivity index is 1.58. The number of rotatable bonds is 2. The van der Waals surface area contributed by atoms with Gasteiger partial charge < -0.3 is 13.9 Å². The second-order valence-corrected chi connectivity index (χ2v) is 13.2. The van der Waals surface area contributed by atoms with Gasteiger partial charge >= 0.3 is 8.60 Å². The molecule has 4 heteroatoms. The van der Waals surface area contributed by atoms with Crippen LogP contribution < -0.4 is 4.52 Å². The van der Waals surface area contributed by atoms with Crippen LogP contribution in [0.5, 0.6) is 5.75 Å². The lowest BCUT2D eigenvalue weighted by Crippen LogP contribution is -2.30. The van der Waals surface area contributed by atoms with Crippen molar-refractivity contribution in [3.8, 4) is 16.9 Å².